The van der Waals surface area contributed by atoms with Crippen molar-refractivity contribution in [2.24, 2.45) is 0 Å². The fraction of sp³-hybridized carbons (Fsp3) is 0.286. The van der Waals surface area contributed by atoms with Crippen LogP contribution < -0.4 is 10.4 Å². The van der Waals surface area contributed by atoms with E-state index in [9.17, 15) is 4.79 Å². The van der Waals surface area contributed by atoms with Crippen molar-refractivity contribution in [2.45, 2.75) is 26.3 Å². The van der Waals surface area contributed by atoms with Gasteiger partial charge in [0, 0.05) is 29.6 Å². The summed E-state index contributed by atoms with van der Waals surface area (Å²) in [6.07, 6.45) is 1.70. The third kappa shape index (κ3) is 3.35. The fourth-order valence-electron chi connectivity index (χ4n) is 3.42. The first-order valence-corrected chi connectivity index (χ1v) is 9.20. The van der Waals surface area contributed by atoms with Gasteiger partial charge >= 0.3 is 5.63 Å². The van der Waals surface area contributed by atoms with Crippen molar-refractivity contribution >= 4 is 22.6 Å². The van der Waals surface area contributed by atoms with Crippen LogP contribution in [0.1, 0.15) is 23.6 Å². The lowest BCUT2D eigenvalue weighted by molar-refractivity contribution is 0.0968. The molecule has 3 aromatic rings. The summed E-state index contributed by atoms with van der Waals surface area (Å²) in [6, 6.07) is 13.5. The van der Waals surface area contributed by atoms with Crippen LogP contribution in [0.4, 0.5) is 0 Å². The van der Waals surface area contributed by atoms with E-state index in [1.807, 2.05) is 43.3 Å². The first kappa shape index (κ1) is 17.1. The molecule has 2 heterocycles. The Kier molecular flexibility index (Phi) is 4.70. The average Bonchev–Trinajstić information content (AvgIpc) is 2.66. The van der Waals surface area contributed by atoms with Crippen LogP contribution in [0.25, 0.3) is 11.0 Å². The third-order valence-electron chi connectivity index (χ3n) is 4.85. The van der Waals surface area contributed by atoms with Gasteiger partial charge < -0.3 is 9.15 Å². The van der Waals surface area contributed by atoms with E-state index in [4.69, 9.17) is 20.8 Å². The third-order valence-corrected chi connectivity index (χ3v) is 5.11. The maximum atomic E-state index is 11.9. The molecule has 0 saturated heterocycles. The van der Waals surface area contributed by atoms with Crippen molar-refractivity contribution in [3.63, 3.8) is 0 Å². The molecule has 0 radical (unpaired) electrons. The Labute approximate surface area is 156 Å². The Morgan fingerprint density at radius 3 is 2.73 bits per heavy atom. The Morgan fingerprint density at radius 2 is 1.96 bits per heavy atom. The van der Waals surface area contributed by atoms with Crippen molar-refractivity contribution in [3.8, 4) is 5.75 Å². The summed E-state index contributed by atoms with van der Waals surface area (Å²) in [5, 5.41) is 1.74. The van der Waals surface area contributed by atoms with Crippen LogP contribution in [-0.2, 0) is 19.4 Å². The highest BCUT2D eigenvalue weighted by atomic mass is 35.5. The molecule has 2 aromatic carbocycles. The van der Waals surface area contributed by atoms with Crippen LogP contribution in [0.15, 0.2) is 51.7 Å². The van der Waals surface area contributed by atoms with Crippen LogP contribution >= 0.6 is 11.6 Å². The van der Waals surface area contributed by atoms with Gasteiger partial charge in [0.15, 0.2) is 0 Å². The molecular weight excluding hydrogens is 350 g/mol. The zero-order chi connectivity index (χ0) is 18.1. The van der Waals surface area contributed by atoms with Gasteiger partial charge in [-0.2, -0.15) is 0 Å². The van der Waals surface area contributed by atoms with Crippen LogP contribution in [0.3, 0.4) is 0 Å². The molecule has 0 N–H and O–H groups in total. The van der Waals surface area contributed by atoms with Crippen LogP contribution in [-0.4, -0.2) is 18.2 Å². The average molecular weight is 370 g/mol. The summed E-state index contributed by atoms with van der Waals surface area (Å²) < 4.78 is 11.5. The minimum absolute atomic E-state index is 0.305. The summed E-state index contributed by atoms with van der Waals surface area (Å²) in [5.74, 6) is 0.802. The molecule has 0 spiro atoms. The Balaban J connectivity index is 1.60. The minimum atomic E-state index is -0.305. The van der Waals surface area contributed by atoms with Crippen LogP contribution in [0.5, 0.6) is 5.75 Å². The van der Waals surface area contributed by atoms with Gasteiger partial charge in [-0.3, -0.25) is 4.90 Å². The van der Waals surface area contributed by atoms with Gasteiger partial charge in [-0.1, -0.05) is 30.7 Å². The number of benzene rings is 2. The van der Waals surface area contributed by atoms with Gasteiger partial charge in [0.2, 0.25) is 0 Å². The minimum Gasteiger partial charge on any atom is -0.478 e. The predicted molar refractivity (Wildman–Crippen MR) is 103 cm³/mol. The van der Waals surface area contributed by atoms with E-state index in [2.05, 4.69) is 4.90 Å². The van der Waals surface area contributed by atoms with Crippen LogP contribution in [0.2, 0.25) is 5.02 Å². The van der Waals surface area contributed by atoms with E-state index < -0.39 is 0 Å². The number of nitrogens with zero attached hydrogens (tertiary/aromatic N) is 1. The van der Waals surface area contributed by atoms with E-state index in [1.54, 1.807) is 6.07 Å². The molecule has 4 nitrogen and oxygen atoms in total. The number of rotatable bonds is 4. The summed E-state index contributed by atoms with van der Waals surface area (Å²) in [7, 11) is 0. The van der Waals surface area contributed by atoms with Crippen molar-refractivity contribution in [3.05, 3.63) is 74.6 Å². The number of halogens is 1. The highest BCUT2D eigenvalue weighted by Crippen LogP contribution is 2.33. The highest BCUT2D eigenvalue weighted by molar-refractivity contribution is 6.30. The first-order chi connectivity index (χ1) is 12.6. The lowest BCUT2D eigenvalue weighted by Gasteiger charge is -2.29. The van der Waals surface area contributed by atoms with Gasteiger partial charge in [0.25, 0.3) is 0 Å². The van der Waals surface area contributed by atoms with Gasteiger partial charge in [-0.05, 0) is 48.2 Å². The molecule has 1 aliphatic heterocycles. The fourth-order valence-corrected chi connectivity index (χ4v) is 3.54. The second-order valence-corrected chi connectivity index (χ2v) is 7.00. The summed E-state index contributed by atoms with van der Waals surface area (Å²) in [5.41, 5.74) is 3.55. The molecule has 0 saturated carbocycles. The molecule has 0 bridgehead atoms. The zero-order valence-corrected chi connectivity index (χ0v) is 15.4. The van der Waals surface area contributed by atoms with Gasteiger partial charge in [-0.15, -0.1) is 0 Å². The largest absolute Gasteiger partial charge is 0.478 e. The summed E-state index contributed by atoms with van der Waals surface area (Å²) >= 11 is 5.94. The van der Waals surface area contributed by atoms with E-state index in [0.717, 1.165) is 46.7 Å². The Hall–Kier alpha value is -2.30. The van der Waals surface area contributed by atoms with Crippen molar-refractivity contribution in [1.82, 2.24) is 4.90 Å². The molecule has 0 fully saturated rings. The number of fused-ring (bicyclic) bond motifs is 3. The molecule has 26 heavy (non-hydrogen) atoms. The highest BCUT2D eigenvalue weighted by Gasteiger charge is 2.22. The van der Waals surface area contributed by atoms with Crippen LogP contribution in [0, 0.1) is 0 Å². The molecule has 1 aromatic heterocycles. The standard InChI is InChI=1S/C21H20ClNO3/c1-2-15-11-20(24)26-21-17(15)7-8-19-18(21)12-23(13-25-19)10-9-14-3-5-16(22)6-4-14/h3-8,11H,2,9-10,12-13H2,1H3. The van der Waals surface area contributed by atoms with Gasteiger partial charge in [0.1, 0.15) is 18.1 Å². The Morgan fingerprint density at radius 1 is 1.15 bits per heavy atom. The molecule has 1 aliphatic rings. The SMILES string of the molecule is CCc1cc(=O)oc2c3c(ccc12)OCN(CCc1ccc(Cl)cc1)C3. The smallest absolute Gasteiger partial charge is 0.336 e. The molecule has 5 heteroatoms. The molecule has 0 unspecified atom stereocenters. The number of hydrogen-bond acceptors (Lipinski definition) is 4. The van der Waals surface area contributed by atoms with Gasteiger partial charge in [-0.25, -0.2) is 4.79 Å². The normalized spacial score (nSPS) is 14.2. The van der Waals surface area contributed by atoms with Gasteiger partial charge in [0.05, 0.1) is 5.56 Å². The number of ether oxygens (including phenoxy) is 1. The molecular formula is C21H20ClNO3. The number of aryl methyl sites for hydroxylation is 1. The second-order valence-electron chi connectivity index (χ2n) is 6.57. The molecule has 0 amide bonds. The summed E-state index contributed by atoms with van der Waals surface area (Å²) in [4.78, 5) is 14.2. The Bertz CT molecular complexity index is 995. The summed E-state index contributed by atoms with van der Waals surface area (Å²) in [6.45, 7) is 4.14. The lowest BCUT2D eigenvalue weighted by atomic mass is 10.0. The molecule has 4 rings (SSSR count). The van der Waals surface area contributed by atoms with E-state index in [-0.39, 0.29) is 5.63 Å². The first-order valence-electron chi connectivity index (χ1n) is 8.82. The lowest BCUT2D eigenvalue weighted by Crippen LogP contribution is -2.33. The predicted octanol–water partition coefficient (Wildman–Crippen LogP) is 4.40. The zero-order valence-electron chi connectivity index (χ0n) is 14.6. The maximum Gasteiger partial charge on any atom is 0.336 e. The van der Waals surface area contributed by atoms with E-state index in [0.29, 0.717) is 18.9 Å². The van der Waals surface area contributed by atoms with Crippen molar-refractivity contribution in [1.29, 1.82) is 0 Å². The molecule has 0 atom stereocenters. The monoisotopic (exact) mass is 369 g/mol. The second kappa shape index (κ2) is 7.14. The quantitative estimate of drug-likeness (QED) is 0.639. The van der Waals surface area contributed by atoms with Crippen molar-refractivity contribution in [2.75, 3.05) is 13.3 Å². The molecule has 0 aliphatic carbocycles. The number of hydrogen-bond donors (Lipinski definition) is 0. The van der Waals surface area contributed by atoms with Crippen molar-refractivity contribution < 1.29 is 9.15 Å². The maximum absolute atomic E-state index is 11.9. The van der Waals surface area contributed by atoms with E-state index in [1.165, 1.54) is 5.56 Å². The topological polar surface area (TPSA) is 42.7 Å². The van der Waals surface area contributed by atoms with E-state index >= 15 is 0 Å². The molecule has 134 valence electrons.